The highest BCUT2D eigenvalue weighted by atomic mass is 35.5. The van der Waals surface area contributed by atoms with Gasteiger partial charge in [-0.3, -0.25) is 9.78 Å². The minimum Gasteiger partial charge on any atom is -0.495 e. The Morgan fingerprint density at radius 3 is 2.77 bits per heavy atom. The number of carbonyl (C=O) groups is 1. The number of nitrogens with one attached hydrogen (secondary N) is 2. The van der Waals surface area contributed by atoms with Gasteiger partial charge >= 0.3 is 0 Å². The maximum atomic E-state index is 14.7. The van der Waals surface area contributed by atoms with E-state index in [1.165, 1.54) is 20.2 Å². The number of fused-ring (bicyclic) bond motifs is 1. The quantitative estimate of drug-likeness (QED) is 0.685. The van der Waals surface area contributed by atoms with E-state index in [9.17, 15) is 9.18 Å². The van der Waals surface area contributed by atoms with Crippen molar-refractivity contribution in [2.45, 2.75) is 13.5 Å². The van der Waals surface area contributed by atoms with E-state index in [4.69, 9.17) is 16.3 Å². The summed E-state index contributed by atoms with van der Waals surface area (Å²) in [7, 11) is 1.53. The molecule has 0 bridgehead atoms. The monoisotopic (exact) mass is 373 g/mol. The van der Waals surface area contributed by atoms with Crippen molar-refractivity contribution in [2.75, 3.05) is 17.7 Å². The lowest BCUT2D eigenvalue weighted by Gasteiger charge is -2.13. The van der Waals surface area contributed by atoms with Crippen LogP contribution in [0.4, 0.5) is 15.8 Å². The second-order valence-corrected chi connectivity index (χ2v) is 6.09. The Morgan fingerprint density at radius 1 is 1.23 bits per heavy atom. The van der Waals surface area contributed by atoms with Gasteiger partial charge in [-0.1, -0.05) is 17.7 Å². The van der Waals surface area contributed by atoms with Crippen LogP contribution in [0.2, 0.25) is 5.02 Å². The van der Waals surface area contributed by atoms with E-state index >= 15 is 0 Å². The molecule has 3 aromatic rings. The molecule has 134 valence electrons. The Labute approximate surface area is 155 Å². The minimum absolute atomic E-state index is 0.197. The maximum absolute atomic E-state index is 14.7. The third-order valence-corrected chi connectivity index (χ3v) is 4.19. The van der Waals surface area contributed by atoms with Crippen LogP contribution in [0.5, 0.6) is 5.75 Å². The fraction of sp³-hybridized carbons (Fsp3) is 0.158. The summed E-state index contributed by atoms with van der Waals surface area (Å²) in [5.74, 6) is -0.0998. The number of rotatable bonds is 5. The molecule has 0 atom stereocenters. The highest BCUT2D eigenvalue weighted by Gasteiger charge is 2.11. The normalized spacial score (nSPS) is 10.6. The van der Waals surface area contributed by atoms with Gasteiger partial charge in [0.1, 0.15) is 11.3 Å². The van der Waals surface area contributed by atoms with Crippen LogP contribution in [0.15, 0.2) is 42.6 Å². The van der Waals surface area contributed by atoms with E-state index < -0.39 is 5.82 Å². The summed E-state index contributed by atoms with van der Waals surface area (Å²) >= 11 is 6.07. The van der Waals surface area contributed by atoms with Gasteiger partial charge in [0.15, 0.2) is 5.82 Å². The van der Waals surface area contributed by atoms with E-state index in [-0.39, 0.29) is 11.4 Å². The predicted molar refractivity (Wildman–Crippen MR) is 101 cm³/mol. The van der Waals surface area contributed by atoms with E-state index in [0.29, 0.717) is 34.1 Å². The van der Waals surface area contributed by atoms with Gasteiger partial charge in [0.2, 0.25) is 5.91 Å². The van der Waals surface area contributed by atoms with Crippen molar-refractivity contribution in [3.05, 3.63) is 59.0 Å². The summed E-state index contributed by atoms with van der Waals surface area (Å²) in [6.45, 7) is 1.78. The first-order valence-corrected chi connectivity index (χ1v) is 8.28. The Kier molecular flexibility index (Phi) is 5.23. The average Bonchev–Trinajstić information content (AvgIpc) is 2.61. The molecule has 0 aliphatic heterocycles. The zero-order valence-electron chi connectivity index (χ0n) is 14.3. The standard InChI is InChI=1S/C19H17ClFN3O2/c1-11(25)24-16-9-12(3-6-17(16)26-2)10-23-15-5-4-13-14(20)7-8-22-19(13)18(15)21/h3-9,23H,10H2,1-2H3,(H,24,25). The Balaban J connectivity index is 1.84. The number of nitrogens with zero attached hydrogens (tertiary/aromatic N) is 1. The molecule has 0 spiro atoms. The fourth-order valence-corrected chi connectivity index (χ4v) is 2.85. The van der Waals surface area contributed by atoms with Crippen molar-refractivity contribution < 1.29 is 13.9 Å². The molecule has 2 N–H and O–H groups in total. The highest BCUT2D eigenvalue weighted by molar-refractivity contribution is 6.35. The van der Waals surface area contributed by atoms with Crippen LogP contribution < -0.4 is 15.4 Å². The van der Waals surface area contributed by atoms with E-state index in [0.717, 1.165) is 5.56 Å². The number of pyridine rings is 1. The molecule has 2 aromatic carbocycles. The lowest BCUT2D eigenvalue weighted by Crippen LogP contribution is -2.08. The van der Waals surface area contributed by atoms with Gasteiger partial charge in [-0.15, -0.1) is 0 Å². The molecule has 0 aliphatic carbocycles. The second kappa shape index (κ2) is 7.58. The van der Waals surface area contributed by atoms with Crippen molar-refractivity contribution in [3.8, 4) is 5.75 Å². The Morgan fingerprint density at radius 2 is 2.04 bits per heavy atom. The topological polar surface area (TPSA) is 63.2 Å². The average molecular weight is 374 g/mol. The van der Waals surface area contributed by atoms with Crippen LogP contribution in [0.1, 0.15) is 12.5 Å². The first-order chi connectivity index (χ1) is 12.5. The van der Waals surface area contributed by atoms with Gasteiger partial charge in [-0.25, -0.2) is 4.39 Å². The molecule has 7 heteroatoms. The summed E-state index contributed by atoms with van der Waals surface area (Å²) < 4.78 is 19.9. The molecule has 1 amide bonds. The molecular weight excluding hydrogens is 357 g/mol. The number of aromatic nitrogens is 1. The van der Waals surface area contributed by atoms with Crippen molar-refractivity contribution >= 4 is 39.8 Å². The number of anilines is 2. The van der Waals surface area contributed by atoms with Crippen molar-refractivity contribution in [3.63, 3.8) is 0 Å². The number of hydrogen-bond acceptors (Lipinski definition) is 4. The molecule has 0 saturated carbocycles. The maximum Gasteiger partial charge on any atom is 0.221 e. The van der Waals surface area contributed by atoms with Crippen molar-refractivity contribution in [1.82, 2.24) is 4.98 Å². The zero-order valence-corrected chi connectivity index (χ0v) is 15.0. The smallest absolute Gasteiger partial charge is 0.221 e. The molecule has 3 rings (SSSR count). The van der Waals surface area contributed by atoms with E-state index in [1.807, 2.05) is 6.07 Å². The molecule has 5 nitrogen and oxygen atoms in total. The lowest BCUT2D eigenvalue weighted by atomic mass is 10.1. The molecule has 0 aliphatic rings. The van der Waals surface area contributed by atoms with E-state index in [1.54, 1.807) is 30.3 Å². The first-order valence-electron chi connectivity index (χ1n) is 7.90. The Hall–Kier alpha value is -2.86. The zero-order chi connectivity index (χ0) is 18.7. The van der Waals surface area contributed by atoms with Gasteiger partial charge in [-0.05, 0) is 35.9 Å². The highest BCUT2D eigenvalue weighted by Crippen LogP contribution is 2.29. The van der Waals surface area contributed by atoms with Gasteiger partial charge < -0.3 is 15.4 Å². The number of methoxy groups -OCH3 is 1. The molecule has 0 saturated heterocycles. The number of carbonyl (C=O) groups excluding carboxylic acids is 1. The van der Waals surface area contributed by atoms with Gasteiger partial charge in [0.05, 0.1) is 23.5 Å². The molecule has 26 heavy (non-hydrogen) atoms. The number of halogens is 2. The van der Waals surface area contributed by atoms with Crippen LogP contribution in [0.3, 0.4) is 0 Å². The van der Waals surface area contributed by atoms with Crippen LogP contribution in [0, 0.1) is 5.82 Å². The van der Waals surface area contributed by atoms with Gasteiger partial charge in [0, 0.05) is 25.1 Å². The molecule has 0 unspecified atom stereocenters. The molecule has 1 heterocycles. The summed E-state index contributed by atoms with van der Waals surface area (Å²) in [5, 5.41) is 6.78. The van der Waals surface area contributed by atoms with Gasteiger partial charge in [0.25, 0.3) is 0 Å². The van der Waals surface area contributed by atoms with Gasteiger partial charge in [-0.2, -0.15) is 0 Å². The first kappa shape index (κ1) is 17.9. The predicted octanol–water partition coefficient (Wildman–Crippen LogP) is 4.61. The van der Waals surface area contributed by atoms with Crippen LogP contribution in [-0.2, 0) is 11.3 Å². The largest absolute Gasteiger partial charge is 0.495 e. The number of benzene rings is 2. The van der Waals surface area contributed by atoms with Crippen molar-refractivity contribution in [2.24, 2.45) is 0 Å². The number of hydrogen-bond donors (Lipinski definition) is 2. The number of amides is 1. The number of ether oxygens (including phenoxy) is 1. The summed E-state index contributed by atoms with van der Waals surface area (Å²) in [5.41, 5.74) is 1.96. The van der Waals surface area contributed by atoms with E-state index in [2.05, 4.69) is 15.6 Å². The van der Waals surface area contributed by atoms with Crippen LogP contribution >= 0.6 is 11.6 Å². The molecule has 1 aromatic heterocycles. The Bertz CT molecular complexity index is 978. The summed E-state index contributed by atoms with van der Waals surface area (Å²) in [6, 6.07) is 10.3. The lowest BCUT2D eigenvalue weighted by molar-refractivity contribution is -0.114. The molecule has 0 fully saturated rings. The minimum atomic E-state index is -0.458. The van der Waals surface area contributed by atoms with Crippen molar-refractivity contribution in [1.29, 1.82) is 0 Å². The summed E-state index contributed by atoms with van der Waals surface area (Å²) in [4.78, 5) is 15.4. The van der Waals surface area contributed by atoms with Crippen LogP contribution in [-0.4, -0.2) is 18.0 Å². The molecule has 0 radical (unpaired) electrons. The molecular formula is C19H17ClFN3O2. The summed E-state index contributed by atoms with van der Waals surface area (Å²) in [6.07, 6.45) is 1.47. The third-order valence-electron chi connectivity index (χ3n) is 3.86. The second-order valence-electron chi connectivity index (χ2n) is 5.69. The fourth-order valence-electron chi connectivity index (χ4n) is 2.64. The third kappa shape index (κ3) is 3.70. The SMILES string of the molecule is COc1ccc(CNc2ccc3c(Cl)ccnc3c2F)cc1NC(C)=O. The van der Waals surface area contributed by atoms with Crippen LogP contribution in [0.25, 0.3) is 10.9 Å².